The quantitative estimate of drug-likeness (QED) is 0.468. The molecule has 0 heterocycles. The molecule has 27 heavy (non-hydrogen) atoms. The van der Waals surface area contributed by atoms with Crippen molar-refractivity contribution in [2.45, 2.75) is 12.8 Å². The van der Waals surface area contributed by atoms with Gasteiger partial charge in [-0.25, -0.2) is 0 Å². The molecule has 0 aliphatic heterocycles. The maximum absolute atomic E-state index is 13.0. The van der Waals surface area contributed by atoms with Crippen LogP contribution in [-0.4, -0.2) is 16.1 Å². The number of aromatic hydroxyl groups is 1. The predicted molar refractivity (Wildman–Crippen MR) is 112 cm³/mol. The van der Waals surface area contributed by atoms with Crippen LogP contribution in [0.5, 0.6) is 5.75 Å². The van der Waals surface area contributed by atoms with Gasteiger partial charge >= 0.3 is 0 Å². The van der Waals surface area contributed by atoms with Crippen LogP contribution in [0.1, 0.15) is 22.6 Å². The third-order valence-electron chi connectivity index (χ3n) is 4.16. The van der Waals surface area contributed by atoms with Crippen LogP contribution in [0, 0.1) is 6.92 Å². The first-order valence-corrected chi connectivity index (χ1v) is 8.97. The molecule has 1 amide bonds. The molecule has 0 fully saturated rings. The molecule has 3 aromatic carbocycles. The van der Waals surface area contributed by atoms with E-state index in [2.05, 4.69) is 10.6 Å². The Morgan fingerprint density at radius 3 is 2.04 bits per heavy atom. The van der Waals surface area contributed by atoms with E-state index in [-0.39, 0.29) is 16.8 Å². The van der Waals surface area contributed by atoms with E-state index in [1.165, 1.54) is 0 Å². The fourth-order valence-corrected chi connectivity index (χ4v) is 3.08. The van der Waals surface area contributed by atoms with Crippen molar-refractivity contribution in [2.75, 3.05) is 5.32 Å². The average Bonchev–Trinajstić information content (AvgIpc) is 2.66. The minimum absolute atomic E-state index is 0.0693. The first-order valence-electron chi connectivity index (χ1n) is 8.56. The molecule has 0 aliphatic rings. The molecule has 0 saturated carbocycles. The lowest BCUT2D eigenvalue weighted by molar-refractivity contribution is -0.120. The van der Waals surface area contributed by atoms with Crippen LogP contribution in [0.3, 0.4) is 0 Å². The van der Waals surface area contributed by atoms with E-state index in [4.69, 9.17) is 12.2 Å². The number of benzene rings is 3. The van der Waals surface area contributed by atoms with Crippen LogP contribution in [0.25, 0.3) is 0 Å². The molecule has 0 unspecified atom stereocenters. The van der Waals surface area contributed by atoms with E-state index in [0.29, 0.717) is 5.69 Å². The van der Waals surface area contributed by atoms with Crippen LogP contribution in [0.4, 0.5) is 5.69 Å². The predicted octanol–water partition coefficient (Wildman–Crippen LogP) is 4.35. The van der Waals surface area contributed by atoms with Crippen molar-refractivity contribution in [3.8, 4) is 5.75 Å². The van der Waals surface area contributed by atoms with E-state index in [0.717, 1.165) is 16.7 Å². The van der Waals surface area contributed by atoms with Crippen molar-refractivity contribution in [2.24, 2.45) is 0 Å². The normalized spacial score (nSPS) is 10.4. The molecule has 0 saturated heterocycles. The van der Waals surface area contributed by atoms with Crippen molar-refractivity contribution in [3.63, 3.8) is 0 Å². The van der Waals surface area contributed by atoms with Gasteiger partial charge in [0.2, 0.25) is 5.91 Å². The van der Waals surface area contributed by atoms with Crippen molar-refractivity contribution in [1.29, 1.82) is 0 Å². The monoisotopic (exact) mass is 376 g/mol. The molecule has 0 aliphatic carbocycles. The highest BCUT2D eigenvalue weighted by molar-refractivity contribution is 7.80. The lowest BCUT2D eigenvalue weighted by Crippen LogP contribution is -2.37. The summed E-state index contributed by atoms with van der Waals surface area (Å²) in [5.74, 6) is -0.657. The minimum Gasteiger partial charge on any atom is -0.506 e. The number of hydrogen-bond donors (Lipinski definition) is 3. The number of phenols is 1. The Hall–Kier alpha value is -3.18. The second kappa shape index (κ2) is 8.47. The summed E-state index contributed by atoms with van der Waals surface area (Å²) in [5.41, 5.74) is 3.18. The maximum atomic E-state index is 13.0. The molecule has 3 N–H and O–H groups in total. The van der Waals surface area contributed by atoms with Crippen LogP contribution in [0.15, 0.2) is 78.9 Å². The molecule has 0 bridgehead atoms. The molecule has 0 spiro atoms. The molecule has 0 radical (unpaired) electrons. The van der Waals surface area contributed by atoms with Crippen molar-refractivity contribution in [1.82, 2.24) is 5.32 Å². The zero-order chi connectivity index (χ0) is 19.2. The largest absolute Gasteiger partial charge is 0.506 e. The van der Waals surface area contributed by atoms with Crippen LogP contribution in [0.2, 0.25) is 0 Å². The van der Waals surface area contributed by atoms with E-state index in [1.807, 2.05) is 67.6 Å². The fraction of sp³-hybridized carbons (Fsp3) is 0.0909. The summed E-state index contributed by atoms with van der Waals surface area (Å²) in [4.78, 5) is 13.0. The lowest BCUT2D eigenvalue weighted by atomic mass is 9.90. The van der Waals surface area contributed by atoms with E-state index >= 15 is 0 Å². The summed E-state index contributed by atoms with van der Waals surface area (Å²) in [6, 6.07) is 24.2. The fourth-order valence-electron chi connectivity index (χ4n) is 2.87. The first kappa shape index (κ1) is 18.6. The molecule has 0 atom stereocenters. The number of phenolic OH excluding ortho intramolecular Hbond substituents is 1. The van der Waals surface area contributed by atoms with Gasteiger partial charge in [-0.15, -0.1) is 0 Å². The van der Waals surface area contributed by atoms with Gasteiger partial charge in [-0.2, -0.15) is 0 Å². The summed E-state index contributed by atoms with van der Waals surface area (Å²) in [7, 11) is 0. The van der Waals surface area contributed by atoms with Crippen LogP contribution >= 0.6 is 12.2 Å². The van der Waals surface area contributed by atoms with Gasteiger partial charge in [-0.05, 0) is 48.0 Å². The number of aryl methyl sites for hydroxylation is 1. The zero-order valence-corrected chi connectivity index (χ0v) is 15.7. The third-order valence-corrected chi connectivity index (χ3v) is 4.37. The molecular formula is C22H20N2O2S. The third kappa shape index (κ3) is 4.71. The van der Waals surface area contributed by atoms with E-state index in [9.17, 15) is 9.90 Å². The van der Waals surface area contributed by atoms with Gasteiger partial charge < -0.3 is 15.7 Å². The van der Waals surface area contributed by atoms with Gasteiger partial charge in [0.05, 0.1) is 11.6 Å². The number of nitrogens with one attached hydrogen (secondary N) is 2. The van der Waals surface area contributed by atoms with Gasteiger partial charge in [0.1, 0.15) is 5.75 Å². The van der Waals surface area contributed by atoms with Crippen LogP contribution in [-0.2, 0) is 4.79 Å². The average molecular weight is 376 g/mol. The Kier molecular flexibility index (Phi) is 5.84. The zero-order valence-electron chi connectivity index (χ0n) is 14.8. The highest BCUT2D eigenvalue weighted by atomic mass is 32.1. The van der Waals surface area contributed by atoms with Crippen molar-refractivity contribution < 1.29 is 9.90 Å². The Morgan fingerprint density at radius 2 is 1.48 bits per heavy atom. The summed E-state index contributed by atoms with van der Waals surface area (Å²) >= 11 is 5.28. The number of hydrogen-bond acceptors (Lipinski definition) is 3. The highest BCUT2D eigenvalue weighted by Crippen LogP contribution is 2.26. The summed E-state index contributed by atoms with van der Waals surface area (Å²) in [5, 5.41) is 15.7. The standard InChI is InChI=1S/C22H20N2O2S/c1-15-12-13-19(25)18(14-15)23-22(27)24-21(26)20(16-8-4-2-5-9-16)17-10-6-3-7-11-17/h2-14,20,25H,1H3,(H2,23,24,26,27). The van der Waals surface area contributed by atoms with Crippen molar-refractivity contribution in [3.05, 3.63) is 95.6 Å². The SMILES string of the molecule is Cc1ccc(O)c(NC(=S)NC(=O)C(c2ccccc2)c2ccccc2)c1. The smallest absolute Gasteiger partial charge is 0.238 e. The molecule has 3 aromatic rings. The lowest BCUT2D eigenvalue weighted by Gasteiger charge is -2.19. The Morgan fingerprint density at radius 1 is 0.926 bits per heavy atom. The topological polar surface area (TPSA) is 61.4 Å². The van der Waals surface area contributed by atoms with Crippen LogP contribution < -0.4 is 10.6 Å². The molecule has 4 nitrogen and oxygen atoms in total. The van der Waals surface area contributed by atoms with Gasteiger partial charge in [-0.1, -0.05) is 66.7 Å². The number of anilines is 1. The maximum Gasteiger partial charge on any atom is 0.238 e. The number of amides is 1. The van der Waals surface area contributed by atoms with Gasteiger partial charge in [0, 0.05) is 0 Å². The molecule has 136 valence electrons. The second-order valence-electron chi connectivity index (χ2n) is 6.22. The number of rotatable bonds is 4. The Bertz CT molecular complexity index is 904. The Balaban J connectivity index is 1.80. The molecule has 3 rings (SSSR count). The Labute approximate surface area is 163 Å². The number of carbonyl (C=O) groups is 1. The van der Waals surface area contributed by atoms with E-state index in [1.54, 1.807) is 18.2 Å². The summed E-state index contributed by atoms with van der Waals surface area (Å²) in [6.07, 6.45) is 0. The van der Waals surface area contributed by atoms with Gasteiger partial charge in [0.15, 0.2) is 5.11 Å². The van der Waals surface area contributed by atoms with Gasteiger partial charge in [0.25, 0.3) is 0 Å². The second-order valence-corrected chi connectivity index (χ2v) is 6.63. The van der Waals surface area contributed by atoms with E-state index < -0.39 is 5.92 Å². The number of thiocarbonyl (C=S) groups is 1. The first-order chi connectivity index (χ1) is 13.0. The molecule has 5 heteroatoms. The van der Waals surface area contributed by atoms with Crippen molar-refractivity contribution >= 4 is 28.9 Å². The molecular weight excluding hydrogens is 356 g/mol. The summed E-state index contributed by atoms with van der Waals surface area (Å²) in [6.45, 7) is 1.91. The van der Waals surface area contributed by atoms with Gasteiger partial charge in [-0.3, -0.25) is 4.79 Å². The number of carbonyl (C=O) groups excluding carboxylic acids is 1. The minimum atomic E-state index is -0.488. The highest BCUT2D eigenvalue weighted by Gasteiger charge is 2.23. The summed E-state index contributed by atoms with van der Waals surface area (Å²) < 4.78 is 0. The molecule has 0 aromatic heterocycles.